The van der Waals surface area contributed by atoms with Crippen LogP contribution >= 0.6 is 0 Å². The van der Waals surface area contributed by atoms with E-state index >= 15 is 0 Å². The molecule has 1 aromatic heterocycles. The predicted octanol–water partition coefficient (Wildman–Crippen LogP) is 1.11. The number of carbonyl (C=O) groups excluding carboxylic acids is 2. The Balaban J connectivity index is 1.50. The molecule has 3 amide bonds. The highest BCUT2D eigenvalue weighted by molar-refractivity contribution is 6.21. The number of nitrogens with zero attached hydrogens (tertiary/aromatic N) is 6. The molecule has 10 heteroatoms. The molecule has 130 valence electrons. The van der Waals surface area contributed by atoms with E-state index in [1.165, 1.54) is 11.1 Å². The molecular weight excluding hydrogens is 336 g/mol. The van der Waals surface area contributed by atoms with Crippen molar-refractivity contribution in [3.8, 4) is 6.07 Å². The molecule has 2 aromatic rings. The highest BCUT2D eigenvalue weighted by Crippen LogP contribution is 2.31. The van der Waals surface area contributed by atoms with Gasteiger partial charge in [0.05, 0.1) is 5.69 Å². The first kappa shape index (κ1) is 15.8. The van der Waals surface area contributed by atoms with Crippen molar-refractivity contribution < 1.29 is 9.59 Å². The van der Waals surface area contributed by atoms with Gasteiger partial charge in [-0.2, -0.15) is 10.5 Å². The number of aromatic nitrogens is 4. The Morgan fingerprint density at radius 2 is 2.15 bits per heavy atom. The maximum Gasteiger partial charge on any atom is 0.332 e. The number of allylic oxidation sites excluding steroid dienone is 1. The Labute approximate surface area is 148 Å². The minimum absolute atomic E-state index is 0.169. The molecule has 10 nitrogen and oxygen atoms in total. The third-order valence-electron chi connectivity index (χ3n) is 4.41. The zero-order valence-corrected chi connectivity index (χ0v) is 13.6. The van der Waals surface area contributed by atoms with Gasteiger partial charge in [-0.05, 0) is 42.3 Å². The Kier molecular flexibility index (Phi) is 3.81. The minimum Gasteiger partial charge on any atom is -0.360 e. The molecule has 0 aliphatic carbocycles. The molecule has 0 bridgehead atoms. The van der Waals surface area contributed by atoms with Gasteiger partial charge in [-0.3, -0.25) is 4.79 Å². The van der Waals surface area contributed by atoms with Gasteiger partial charge < -0.3 is 10.2 Å². The summed E-state index contributed by atoms with van der Waals surface area (Å²) in [6.07, 6.45) is 3.05. The molecular formula is C16H14N8O2. The summed E-state index contributed by atoms with van der Waals surface area (Å²) < 4.78 is 0. The predicted molar refractivity (Wildman–Crippen MR) is 90.4 cm³/mol. The van der Waals surface area contributed by atoms with Crippen LogP contribution in [0.2, 0.25) is 0 Å². The Bertz CT molecular complexity index is 891. The lowest BCUT2D eigenvalue weighted by atomic mass is 10.2. The summed E-state index contributed by atoms with van der Waals surface area (Å²) in [6.45, 7) is 0.628. The van der Waals surface area contributed by atoms with Crippen molar-refractivity contribution in [2.45, 2.75) is 18.9 Å². The summed E-state index contributed by atoms with van der Waals surface area (Å²) in [7, 11) is 0. The van der Waals surface area contributed by atoms with Gasteiger partial charge in [0.2, 0.25) is 5.82 Å². The number of benzene rings is 1. The fourth-order valence-corrected chi connectivity index (χ4v) is 3.15. The maximum atomic E-state index is 12.4. The summed E-state index contributed by atoms with van der Waals surface area (Å²) in [6, 6.07) is 8.22. The Morgan fingerprint density at radius 3 is 2.81 bits per heavy atom. The number of urea groups is 1. The van der Waals surface area contributed by atoms with E-state index in [0.29, 0.717) is 17.9 Å². The topological polar surface area (TPSA) is 131 Å². The fraction of sp³-hybridized carbons (Fsp3) is 0.250. The van der Waals surface area contributed by atoms with Crippen LogP contribution < -0.4 is 10.2 Å². The van der Waals surface area contributed by atoms with Crippen LogP contribution in [0.5, 0.6) is 0 Å². The largest absolute Gasteiger partial charge is 0.360 e. The number of H-pyrrole nitrogens is 1. The van der Waals surface area contributed by atoms with Crippen LogP contribution in [0, 0.1) is 11.3 Å². The van der Waals surface area contributed by atoms with E-state index in [1.807, 2.05) is 6.07 Å². The number of nitrogens with one attached hydrogen (secondary N) is 2. The van der Waals surface area contributed by atoms with E-state index in [9.17, 15) is 9.59 Å². The van der Waals surface area contributed by atoms with Gasteiger partial charge in [-0.15, -0.1) is 10.2 Å². The van der Waals surface area contributed by atoms with Crippen LogP contribution in [0.25, 0.3) is 5.57 Å². The highest BCUT2D eigenvalue weighted by atomic mass is 16.2. The van der Waals surface area contributed by atoms with E-state index in [-0.39, 0.29) is 29.4 Å². The number of carbonyl (C=O) groups is 2. The third kappa shape index (κ3) is 2.55. The lowest BCUT2D eigenvalue weighted by molar-refractivity contribution is -0.119. The van der Waals surface area contributed by atoms with E-state index < -0.39 is 0 Å². The molecule has 2 fully saturated rings. The molecule has 2 N–H and O–H groups in total. The zero-order valence-electron chi connectivity index (χ0n) is 13.6. The van der Waals surface area contributed by atoms with E-state index in [0.717, 1.165) is 12.8 Å². The van der Waals surface area contributed by atoms with Crippen molar-refractivity contribution in [3.05, 3.63) is 36.3 Å². The monoisotopic (exact) mass is 350 g/mol. The molecule has 3 heterocycles. The van der Waals surface area contributed by atoms with Gasteiger partial charge in [-0.25, -0.2) is 9.69 Å². The molecule has 0 radical (unpaired) electrons. The van der Waals surface area contributed by atoms with Gasteiger partial charge in [0, 0.05) is 18.4 Å². The fourth-order valence-electron chi connectivity index (χ4n) is 3.15. The molecule has 2 saturated heterocycles. The zero-order chi connectivity index (χ0) is 18.1. The number of hydrogen-bond donors (Lipinski definition) is 2. The number of fused-ring (bicyclic) bond motifs is 1. The lowest BCUT2D eigenvalue weighted by Crippen LogP contribution is -2.32. The van der Waals surface area contributed by atoms with E-state index in [4.69, 9.17) is 5.26 Å². The molecule has 0 spiro atoms. The van der Waals surface area contributed by atoms with Crippen molar-refractivity contribution >= 4 is 28.9 Å². The number of tetrazole rings is 1. The second-order valence-electron chi connectivity index (χ2n) is 5.90. The molecule has 1 atom stereocenters. The molecule has 1 aromatic carbocycles. The van der Waals surface area contributed by atoms with Gasteiger partial charge in [0.25, 0.3) is 5.91 Å². The molecule has 2 aliphatic heterocycles. The van der Waals surface area contributed by atoms with Gasteiger partial charge >= 0.3 is 6.03 Å². The summed E-state index contributed by atoms with van der Waals surface area (Å²) in [5.74, 6) is 0.0162. The van der Waals surface area contributed by atoms with Crippen molar-refractivity contribution in [1.82, 2.24) is 25.5 Å². The maximum absolute atomic E-state index is 12.4. The average molecular weight is 350 g/mol. The second-order valence-corrected chi connectivity index (χ2v) is 5.90. The number of nitriles is 1. The number of hydrogen-bond acceptors (Lipinski definition) is 7. The van der Waals surface area contributed by atoms with Crippen LogP contribution in [0.1, 0.15) is 18.7 Å². The summed E-state index contributed by atoms with van der Waals surface area (Å²) in [5, 5.41) is 25.3. The summed E-state index contributed by atoms with van der Waals surface area (Å²) in [5.41, 5.74) is 1.43. The summed E-state index contributed by atoms with van der Waals surface area (Å²) >= 11 is 0. The molecule has 1 unspecified atom stereocenters. The van der Waals surface area contributed by atoms with Crippen molar-refractivity contribution in [3.63, 3.8) is 0 Å². The van der Waals surface area contributed by atoms with Crippen LogP contribution in [-0.4, -0.2) is 50.0 Å². The van der Waals surface area contributed by atoms with Crippen LogP contribution in [-0.2, 0) is 4.79 Å². The first-order chi connectivity index (χ1) is 12.7. The third-order valence-corrected chi connectivity index (χ3v) is 4.41. The number of amides is 3. The van der Waals surface area contributed by atoms with Gasteiger partial charge in [0.1, 0.15) is 17.7 Å². The number of anilines is 2. The van der Waals surface area contributed by atoms with Crippen molar-refractivity contribution in [2.24, 2.45) is 0 Å². The molecule has 2 aliphatic rings. The van der Waals surface area contributed by atoms with Crippen LogP contribution in [0.3, 0.4) is 0 Å². The van der Waals surface area contributed by atoms with Gasteiger partial charge in [-0.1, -0.05) is 0 Å². The smallest absolute Gasteiger partial charge is 0.332 e. The number of aromatic amines is 1. The number of rotatable bonds is 4. The molecule has 26 heavy (non-hydrogen) atoms. The summed E-state index contributed by atoms with van der Waals surface area (Å²) in [4.78, 5) is 27.7. The molecule has 4 rings (SSSR count). The normalized spacial score (nSPS) is 19.7. The molecule has 0 saturated carbocycles. The van der Waals surface area contributed by atoms with E-state index in [2.05, 4.69) is 25.9 Å². The number of imide groups is 1. The van der Waals surface area contributed by atoms with E-state index in [1.54, 1.807) is 29.2 Å². The van der Waals surface area contributed by atoms with Crippen molar-refractivity contribution in [1.29, 1.82) is 5.26 Å². The lowest BCUT2D eigenvalue weighted by Gasteiger charge is -2.15. The van der Waals surface area contributed by atoms with Crippen LogP contribution in [0.4, 0.5) is 16.2 Å². The standard InChI is InChI=1S/C16H14N8O2/c17-8-10(14-19-21-22-20-14)9-18-11-3-5-12(6-4-11)24-15(25)13-2-1-7-23(13)16(24)26/h3-6,9,13,18H,1-2,7H2,(H,19,20,21,22). The first-order valence-corrected chi connectivity index (χ1v) is 8.04. The highest BCUT2D eigenvalue weighted by Gasteiger charge is 2.47. The average Bonchev–Trinajstić information content (AvgIpc) is 3.38. The first-order valence-electron chi connectivity index (χ1n) is 8.04. The van der Waals surface area contributed by atoms with Gasteiger partial charge in [0.15, 0.2) is 0 Å². The van der Waals surface area contributed by atoms with Crippen molar-refractivity contribution in [2.75, 3.05) is 16.8 Å². The SMILES string of the molecule is N#CC(=CNc1ccc(N2C(=O)C3CCCN3C2=O)cc1)c1nn[nH]n1. The van der Waals surface area contributed by atoms with Crippen LogP contribution in [0.15, 0.2) is 30.5 Å². The Hall–Kier alpha value is -3.74. The quantitative estimate of drug-likeness (QED) is 0.623. The Morgan fingerprint density at radius 1 is 1.35 bits per heavy atom. The minimum atomic E-state index is -0.323. The second kappa shape index (κ2) is 6.29.